The van der Waals surface area contributed by atoms with Crippen LogP contribution >= 0.6 is 0 Å². The van der Waals surface area contributed by atoms with Gasteiger partial charge in [0, 0.05) is 48.8 Å². The summed E-state index contributed by atoms with van der Waals surface area (Å²) in [4.78, 5) is 63.6. The summed E-state index contributed by atoms with van der Waals surface area (Å²) in [6.07, 6.45) is -1.24. The van der Waals surface area contributed by atoms with Crippen LogP contribution < -0.4 is 10.6 Å². The number of rotatable bonds is 17. The lowest BCUT2D eigenvalue weighted by atomic mass is 9.72. The highest BCUT2D eigenvalue weighted by Crippen LogP contribution is 2.55. The Hall–Kier alpha value is -4.05. The summed E-state index contributed by atoms with van der Waals surface area (Å²) in [5, 5.41) is 39.2. The summed E-state index contributed by atoms with van der Waals surface area (Å²) >= 11 is 0. The van der Waals surface area contributed by atoms with Gasteiger partial charge in [-0.3, -0.25) is 29.3 Å². The van der Waals surface area contributed by atoms with Crippen LogP contribution in [0.2, 0.25) is 0 Å². The van der Waals surface area contributed by atoms with E-state index in [0.29, 0.717) is 76.3 Å². The van der Waals surface area contributed by atoms with Gasteiger partial charge in [0.25, 0.3) is 5.69 Å². The molecular formula is C53H78F3N3O14. The molecule has 2 amide bonds. The second kappa shape index (κ2) is 22.7. The molecule has 5 heterocycles. The van der Waals surface area contributed by atoms with Gasteiger partial charge in [-0.1, -0.05) is 55.4 Å². The second-order valence-corrected chi connectivity index (χ2v) is 21.9. The lowest BCUT2D eigenvalue weighted by Crippen LogP contribution is -2.63. The fourth-order valence-corrected chi connectivity index (χ4v) is 12.3. The number of amides is 2. The standard InChI is InChI=1S/C53H78F3N3O14/c1-12-36(48(64)57-27-43(61)58-35-16-17-39(59(66)67)38(26-35)53(54,55)56)40-18-15-28(4)46(70-40)32(8)44(62)31(7)45(63)37(13-2)47-29(5)25-30(6)51(71-47)22-20-42(69-34(10)60)52(73-51)24-23-49(11,72-52)41-19-21-50(65,14-3)33(9)68-41/h16-17,20,22,26,28-33,36-37,40-42,44,46-47,62,65H,12-15,18-19,21,23-25,27H2,1-11H3,(H,57,64)(H,58,61)/t28-,29-,30+,31-,32-,33-,36+,37-,40+,41+,42+,44+,46+,47-,49-,50+,51-,52-/m0/s1. The van der Waals surface area contributed by atoms with Gasteiger partial charge in [0.15, 0.2) is 11.9 Å². The Morgan fingerprint density at radius 1 is 0.945 bits per heavy atom. The lowest BCUT2D eigenvalue weighted by Gasteiger charge is -2.54. The molecule has 410 valence electrons. The van der Waals surface area contributed by atoms with Crippen LogP contribution in [0.25, 0.3) is 0 Å². The quantitative estimate of drug-likeness (QED) is 0.0497. The maximum absolute atomic E-state index is 14.8. The number of alkyl halides is 3. The van der Waals surface area contributed by atoms with Crippen LogP contribution in [0.4, 0.5) is 24.5 Å². The number of carbonyl (C=O) groups excluding carboxylic acids is 4. The molecule has 18 atom stereocenters. The molecule has 0 aromatic heterocycles. The number of halogens is 3. The zero-order chi connectivity index (χ0) is 54.2. The Bertz CT molecular complexity index is 2220. The smallest absolute Gasteiger partial charge is 0.423 e. The van der Waals surface area contributed by atoms with E-state index in [-0.39, 0.29) is 35.3 Å². The minimum atomic E-state index is -5.05. The molecule has 1 aromatic carbocycles. The van der Waals surface area contributed by atoms with Crippen molar-refractivity contribution in [3.05, 3.63) is 46.0 Å². The van der Waals surface area contributed by atoms with Crippen molar-refractivity contribution in [3.63, 3.8) is 0 Å². The van der Waals surface area contributed by atoms with Crippen molar-refractivity contribution >= 4 is 34.9 Å². The maximum atomic E-state index is 14.8. The number of Topliss-reactive ketones (excluding diaryl/α,β-unsaturated/α-hetero) is 1. The predicted molar refractivity (Wildman–Crippen MR) is 260 cm³/mol. The maximum Gasteiger partial charge on any atom is 0.423 e. The summed E-state index contributed by atoms with van der Waals surface area (Å²) in [5.41, 5.74) is -4.84. The first-order chi connectivity index (χ1) is 34.1. The zero-order valence-corrected chi connectivity index (χ0v) is 44.1. The Morgan fingerprint density at radius 3 is 2.23 bits per heavy atom. The molecule has 0 saturated carbocycles. The van der Waals surface area contributed by atoms with Gasteiger partial charge in [-0.2, -0.15) is 13.2 Å². The minimum absolute atomic E-state index is 0.0615. The number of nitro groups is 1. The van der Waals surface area contributed by atoms with Crippen molar-refractivity contribution in [1.29, 1.82) is 0 Å². The Morgan fingerprint density at radius 2 is 1.63 bits per heavy atom. The van der Waals surface area contributed by atoms with E-state index in [4.69, 9.17) is 28.4 Å². The Labute approximate surface area is 426 Å². The molecule has 5 aliphatic heterocycles. The molecule has 5 aliphatic rings. The Balaban J connectivity index is 1.12. The van der Waals surface area contributed by atoms with E-state index in [9.17, 15) is 52.7 Å². The van der Waals surface area contributed by atoms with Gasteiger partial charge in [0.05, 0.1) is 65.2 Å². The first kappa shape index (κ1) is 58.2. The molecule has 2 spiro atoms. The first-order valence-corrected chi connectivity index (χ1v) is 26.2. The summed E-state index contributed by atoms with van der Waals surface area (Å²) in [6.45, 7) is 19.8. The normalized spacial score (nSPS) is 36.7. The summed E-state index contributed by atoms with van der Waals surface area (Å²) < 4.78 is 80.6. The van der Waals surface area contributed by atoms with Crippen LogP contribution in [0.15, 0.2) is 30.4 Å². The number of aliphatic hydroxyl groups is 2. The number of hydrogen-bond donors (Lipinski definition) is 4. The first-order valence-electron chi connectivity index (χ1n) is 26.2. The van der Waals surface area contributed by atoms with Crippen molar-refractivity contribution in [2.24, 2.45) is 41.4 Å². The van der Waals surface area contributed by atoms with E-state index in [2.05, 4.69) is 10.6 Å². The molecular weight excluding hydrogens is 960 g/mol. The van der Waals surface area contributed by atoms with Gasteiger partial charge in [0.1, 0.15) is 11.3 Å². The molecule has 0 unspecified atom stereocenters. The Kier molecular flexibility index (Phi) is 18.1. The number of ketones is 1. The molecule has 73 heavy (non-hydrogen) atoms. The number of esters is 1. The third kappa shape index (κ3) is 12.2. The molecule has 4 saturated heterocycles. The van der Waals surface area contributed by atoms with Gasteiger partial charge in [0.2, 0.25) is 17.6 Å². The number of nitrogens with one attached hydrogen (secondary N) is 2. The lowest BCUT2D eigenvalue weighted by molar-refractivity contribution is -0.409. The monoisotopic (exact) mass is 1040 g/mol. The number of hydrogen-bond acceptors (Lipinski definition) is 14. The highest BCUT2D eigenvalue weighted by molar-refractivity contribution is 5.95. The van der Waals surface area contributed by atoms with E-state index in [1.807, 2.05) is 55.4 Å². The molecule has 0 aliphatic carbocycles. The van der Waals surface area contributed by atoms with Crippen LogP contribution in [-0.4, -0.2) is 111 Å². The molecule has 0 radical (unpaired) electrons. The van der Waals surface area contributed by atoms with Gasteiger partial charge in [-0.25, -0.2) is 0 Å². The number of ether oxygens (including phenoxy) is 6. The van der Waals surface area contributed by atoms with E-state index >= 15 is 0 Å². The van der Waals surface area contributed by atoms with E-state index in [0.717, 1.165) is 6.07 Å². The van der Waals surface area contributed by atoms with Gasteiger partial charge in [-0.05, 0) is 108 Å². The van der Waals surface area contributed by atoms with E-state index < -0.39 is 130 Å². The molecule has 4 fully saturated rings. The number of carbonyl (C=O) groups is 4. The van der Waals surface area contributed by atoms with Gasteiger partial charge in [-0.15, -0.1) is 0 Å². The third-order valence-corrected chi connectivity index (χ3v) is 16.9. The van der Waals surface area contributed by atoms with Crippen LogP contribution in [0.3, 0.4) is 0 Å². The summed E-state index contributed by atoms with van der Waals surface area (Å²) in [6, 6.07) is 2.08. The highest BCUT2D eigenvalue weighted by atomic mass is 19.4. The summed E-state index contributed by atoms with van der Waals surface area (Å²) in [7, 11) is 0. The van der Waals surface area contributed by atoms with Crippen molar-refractivity contribution in [2.75, 3.05) is 11.9 Å². The van der Waals surface area contributed by atoms with Crippen molar-refractivity contribution < 1.29 is 75.9 Å². The molecule has 6 rings (SSSR count). The van der Waals surface area contributed by atoms with Crippen molar-refractivity contribution in [1.82, 2.24) is 5.32 Å². The summed E-state index contributed by atoms with van der Waals surface area (Å²) in [5.74, 6) is -8.10. The minimum Gasteiger partial charge on any atom is -0.453 e. The second-order valence-electron chi connectivity index (χ2n) is 21.9. The number of anilines is 1. The van der Waals surface area contributed by atoms with Gasteiger partial charge >= 0.3 is 12.1 Å². The molecule has 1 aromatic rings. The molecule has 20 heteroatoms. The molecule has 17 nitrogen and oxygen atoms in total. The number of benzene rings is 1. The number of nitro benzene ring substituents is 1. The predicted octanol–water partition coefficient (Wildman–Crippen LogP) is 8.36. The van der Waals surface area contributed by atoms with Crippen LogP contribution in [0.5, 0.6) is 0 Å². The number of aliphatic hydroxyl groups excluding tert-OH is 1. The molecule has 0 bridgehead atoms. The average molecular weight is 1040 g/mol. The van der Waals surface area contributed by atoms with Gasteiger partial charge < -0.3 is 49.3 Å². The van der Waals surface area contributed by atoms with E-state index in [1.54, 1.807) is 26.0 Å². The van der Waals surface area contributed by atoms with Crippen LogP contribution in [0.1, 0.15) is 146 Å². The largest absolute Gasteiger partial charge is 0.453 e. The van der Waals surface area contributed by atoms with Crippen molar-refractivity contribution in [3.8, 4) is 0 Å². The average Bonchev–Trinajstić information content (AvgIpc) is 3.67. The third-order valence-electron chi connectivity index (χ3n) is 16.9. The van der Waals surface area contributed by atoms with Crippen molar-refractivity contribution in [2.45, 2.75) is 212 Å². The molecule has 4 N–H and O–H groups in total. The van der Waals surface area contributed by atoms with Crippen LogP contribution in [-0.2, 0) is 53.8 Å². The fourth-order valence-electron chi connectivity index (χ4n) is 12.3. The SMILES string of the molecule is CC[C@@H](C(=O)[C@@H](C)[C@@H](O)[C@H](C)[C@@H]1O[C@@H]([C@@H](CC)C(=O)NCC(=O)Nc2ccc([N+](=O)[O-])c(C(F)(F)F)c2)CC[C@@H]1C)[C@H]1O[C@]2(C=C[C@@H](OC(C)=O)[C@]3(CC[C@@](C)([C@H]4CC[C@](O)(CC)[C@H](C)O4)O3)O2)[C@H](C)C[C@@H]1C. The fraction of sp³-hybridized carbons (Fsp3) is 0.774. The van der Waals surface area contributed by atoms with E-state index in [1.165, 1.54) is 6.92 Å². The highest BCUT2D eigenvalue weighted by Gasteiger charge is 2.64. The van der Waals surface area contributed by atoms with Crippen LogP contribution in [0, 0.1) is 51.5 Å². The topological polar surface area (TPSA) is 231 Å². The number of nitrogens with zero attached hydrogens (tertiary/aromatic N) is 1. The zero-order valence-electron chi connectivity index (χ0n) is 44.1.